The van der Waals surface area contributed by atoms with Gasteiger partial charge in [0.2, 0.25) is 11.8 Å². The molecule has 100 valence electrons. The van der Waals surface area contributed by atoms with Gasteiger partial charge >= 0.3 is 5.97 Å². The van der Waals surface area contributed by atoms with Crippen molar-refractivity contribution in [2.75, 3.05) is 6.61 Å². The second-order valence-corrected chi connectivity index (χ2v) is 4.32. The van der Waals surface area contributed by atoms with Gasteiger partial charge in [0.25, 0.3) is 0 Å². The van der Waals surface area contributed by atoms with E-state index in [0.29, 0.717) is 18.6 Å². The number of hydrogen-bond donors (Lipinski definition) is 1. The van der Waals surface area contributed by atoms with Gasteiger partial charge in [0.05, 0.1) is 18.1 Å². The number of carbonyl (C=O) groups excluding carboxylic acids is 3. The number of hydrogen-bond acceptors (Lipinski definition) is 5. The van der Waals surface area contributed by atoms with Crippen molar-refractivity contribution in [2.24, 2.45) is 5.92 Å². The largest absolute Gasteiger partial charge is 0.462 e. The fraction of sp³-hybridized carbons (Fsp3) is 0.385. The van der Waals surface area contributed by atoms with Gasteiger partial charge in [-0.25, -0.2) is 4.79 Å². The lowest BCUT2D eigenvalue weighted by molar-refractivity contribution is -0.125. The van der Waals surface area contributed by atoms with Gasteiger partial charge in [-0.1, -0.05) is 0 Å². The first-order chi connectivity index (χ1) is 9.10. The third-order valence-corrected chi connectivity index (χ3v) is 2.85. The lowest BCUT2D eigenvalue weighted by Crippen LogP contribution is -2.23. The molecule has 1 atom stereocenters. The van der Waals surface area contributed by atoms with Crippen molar-refractivity contribution in [1.82, 2.24) is 10.3 Å². The Hall–Kier alpha value is -2.24. The van der Waals surface area contributed by atoms with Crippen LogP contribution in [-0.2, 0) is 20.7 Å². The Morgan fingerprint density at radius 2 is 2.26 bits per heavy atom. The van der Waals surface area contributed by atoms with Crippen LogP contribution in [0.25, 0.3) is 0 Å². The first kappa shape index (κ1) is 13.2. The summed E-state index contributed by atoms with van der Waals surface area (Å²) in [5.74, 6) is -1.36. The summed E-state index contributed by atoms with van der Waals surface area (Å²) in [5, 5.41) is 2.25. The molecule has 6 heteroatoms. The monoisotopic (exact) mass is 262 g/mol. The smallest absolute Gasteiger partial charge is 0.339 e. The van der Waals surface area contributed by atoms with Gasteiger partial charge in [0.15, 0.2) is 0 Å². The van der Waals surface area contributed by atoms with Crippen LogP contribution in [0.15, 0.2) is 18.5 Å². The lowest BCUT2D eigenvalue weighted by Gasteiger charge is -2.07. The number of aromatic nitrogens is 1. The minimum Gasteiger partial charge on any atom is -0.462 e. The van der Waals surface area contributed by atoms with E-state index in [1.165, 1.54) is 6.20 Å². The molecule has 2 rings (SSSR count). The fourth-order valence-electron chi connectivity index (χ4n) is 1.98. The molecule has 19 heavy (non-hydrogen) atoms. The van der Waals surface area contributed by atoms with Crippen LogP contribution in [-0.4, -0.2) is 29.4 Å². The number of esters is 1. The van der Waals surface area contributed by atoms with Crippen LogP contribution in [0, 0.1) is 5.92 Å². The number of ether oxygens (including phenoxy) is 1. The fourth-order valence-corrected chi connectivity index (χ4v) is 1.98. The maximum atomic E-state index is 11.6. The third kappa shape index (κ3) is 3.15. The predicted octanol–water partition coefficient (Wildman–Crippen LogP) is 0.463. The van der Waals surface area contributed by atoms with Crippen LogP contribution in [0.4, 0.5) is 0 Å². The van der Waals surface area contributed by atoms with Gasteiger partial charge < -0.3 is 4.74 Å². The van der Waals surface area contributed by atoms with Crippen molar-refractivity contribution < 1.29 is 19.1 Å². The lowest BCUT2D eigenvalue weighted by atomic mass is 9.98. The highest BCUT2D eigenvalue weighted by Crippen LogP contribution is 2.17. The molecule has 0 bridgehead atoms. The predicted molar refractivity (Wildman–Crippen MR) is 65.2 cm³/mol. The number of imide groups is 1. The molecule has 1 saturated heterocycles. The number of carbonyl (C=O) groups is 3. The van der Waals surface area contributed by atoms with Gasteiger partial charge in [0, 0.05) is 18.8 Å². The third-order valence-electron chi connectivity index (χ3n) is 2.85. The van der Waals surface area contributed by atoms with Crippen LogP contribution >= 0.6 is 0 Å². The van der Waals surface area contributed by atoms with Crippen LogP contribution in [0.2, 0.25) is 0 Å². The topological polar surface area (TPSA) is 85.4 Å². The molecule has 0 radical (unpaired) electrons. The Morgan fingerprint density at radius 3 is 2.89 bits per heavy atom. The number of amides is 2. The molecule has 2 amide bonds. The van der Waals surface area contributed by atoms with Crippen molar-refractivity contribution in [2.45, 2.75) is 19.8 Å². The van der Waals surface area contributed by atoms with E-state index in [2.05, 4.69) is 10.3 Å². The van der Waals surface area contributed by atoms with E-state index in [4.69, 9.17) is 4.74 Å². The summed E-state index contributed by atoms with van der Waals surface area (Å²) < 4.78 is 4.88. The molecule has 0 saturated carbocycles. The summed E-state index contributed by atoms with van der Waals surface area (Å²) in [4.78, 5) is 38.1. The maximum Gasteiger partial charge on any atom is 0.339 e. The van der Waals surface area contributed by atoms with Gasteiger partial charge in [-0.2, -0.15) is 0 Å². The molecule has 1 fully saturated rings. The van der Waals surface area contributed by atoms with E-state index in [-0.39, 0.29) is 24.2 Å². The minimum atomic E-state index is -0.441. The Kier molecular flexibility index (Phi) is 3.89. The van der Waals surface area contributed by atoms with E-state index in [9.17, 15) is 14.4 Å². The summed E-state index contributed by atoms with van der Waals surface area (Å²) in [6.07, 6.45) is 3.57. The average molecular weight is 262 g/mol. The molecule has 1 aliphatic rings. The SMILES string of the molecule is CCOC(=O)c1cncc(CC2CC(=O)NC2=O)c1. The van der Waals surface area contributed by atoms with Crippen LogP contribution < -0.4 is 5.32 Å². The number of pyridine rings is 1. The second-order valence-electron chi connectivity index (χ2n) is 4.32. The van der Waals surface area contributed by atoms with E-state index in [1.807, 2.05) is 0 Å². The molecule has 1 N–H and O–H groups in total. The van der Waals surface area contributed by atoms with Gasteiger partial charge in [0.1, 0.15) is 0 Å². The quantitative estimate of drug-likeness (QED) is 0.629. The molecule has 1 aromatic rings. The Morgan fingerprint density at radius 1 is 1.47 bits per heavy atom. The molecular formula is C13H14N2O4. The van der Waals surface area contributed by atoms with Gasteiger partial charge in [-0.05, 0) is 25.0 Å². The second kappa shape index (κ2) is 5.60. The first-order valence-corrected chi connectivity index (χ1v) is 6.05. The molecule has 1 aromatic heterocycles. The van der Waals surface area contributed by atoms with Crippen molar-refractivity contribution in [3.63, 3.8) is 0 Å². The van der Waals surface area contributed by atoms with Gasteiger partial charge in [-0.3, -0.25) is 19.9 Å². The highest BCUT2D eigenvalue weighted by Gasteiger charge is 2.30. The van der Waals surface area contributed by atoms with Crippen molar-refractivity contribution in [3.8, 4) is 0 Å². The summed E-state index contributed by atoms with van der Waals surface area (Å²) in [5.41, 5.74) is 1.09. The normalized spacial score (nSPS) is 18.3. The summed E-state index contributed by atoms with van der Waals surface area (Å²) in [6, 6.07) is 1.64. The standard InChI is InChI=1S/C13H14N2O4/c1-2-19-13(18)10-4-8(6-14-7-10)3-9-5-11(16)15-12(9)17/h4,6-7,9H,2-3,5H2,1H3,(H,15,16,17). The van der Waals surface area contributed by atoms with Crippen LogP contribution in [0.5, 0.6) is 0 Å². The van der Waals surface area contributed by atoms with E-state index < -0.39 is 5.97 Å². The molecule has 0 aliphatic carbocycles. The zero-order valence-electron chi connectivity index (χ0n) is 10.5. The van der Waals surface area contributed by atoms with E-state index in [0.717, 1.165) is 5.56 Å². The zero-order chi connectivity index (χ0) is 13.8. The Balaban J connectivity index is 2.09. The highest BCUT2D eigenvalue weighted by atomic mass is 16.5. The molecule has 1 aliphatic heterocycles. The summed E-state index contributed by atoms with van der Waals surface area (Å²) >= 11 is 0. The van der Waals surface area contributed by atoms with Crippen molar-refractivity contribution >= 4 is 17.8 Å². The number of nitrogens with one attached hydrogen (secondary N) is 1. The molecule has 2 heterocycles. The van der Waals surface area contributed by atoms with E-state index >= 15 is 0 Å². The first-order valence-electron chi connectivity index (χ1n) is 6.05. The zero-order valence-corrected chi connectivity index (χ0v) is 10.5. The number of rotatable bonds is 4. The van der Waals surface area contributed by atoms with Crippen LogP contribution in [0.1, 0.15) is 29.3 Å². The Labute approximate surface area is 110 Å². The maximum absolute atomic E-state index is 11.6. The highest BCUT2D eigenvalue weighted by molar-refractivity contribution is 6.03. The van der Waals surface area contributed by atoms with E-state index in [1.54, 1.807) is 19.2 Å². The number of nitrogens with zero attached hydrogens (tertiary/aromatic N) is 1. The van der Waals surface area contributed by atoms with Crippen LogP contribution in [0.3, 0.4) is 0 Å². The summed E-state index contributed by atoms with van der Waals surface area (Å²) in [6.45, 7) is 2.02. The van der Waals surface area contributed by atoms with Gasteiger partial charge in [-0.15, -0.1) is 0 Å². The molecule has 6 nitrogen and oxygen atoms in total. The average Bonchev–Trinajstić information content (AvgIpc) is 2.68. The summed E-state index contributed by atoms with van der Waals surface area (Å²) in [7, 11) is 0. The molecule has 0 spiro atoms. The molecular weight excluding hydrogens is 248 g/mol. The molecule has 1 unspecified atom stereocenters. The Bertz CT molecular complexity index is 527. The van der Waals surface area contributed by atoms with Crippen molar-refractivity contribution in [1.29, 1.82) is 0 Å². The minimum absolute atomic E-state index is 0.183. The molecule has 0 aromatic carbocycles. The van der Waals surface area contributed by atoms with Crippen molar-refractivity contribution in [3.05, 3.63) is 29.6 Å².